The minimum atomic E-state index is -0.0444. The number of nitrogens with zero attached hydrogens (tertiary/aromatic N) is 1. The van der Waals surface area contributed by atoms with Crippen LogP contribution in [0.1, 0.15) is 15.9 Å². The van der Waals surface area contributed by atoms with Crippen LogP contribution in [0, 0.1) is 6.92 Å². The number of carbonyl (C=O) groups is 1. The summed E-state index contributed by atoms with van der Waals surface area (Å²) in [6.07, 6.45) is 0. The summed E-state index contributed by atoms with van der Waals surface area (Å²) >= 11 is 6.80. The zero-order chi connectivity index (χ0) is 14.0. The van der Waals surface area contributed by atoms with E-state index in [4.69, 9.17) is 0 Å². The lowest BCUT2D eigenvalue weighted by molar-refractivity contribution is 0.0992. The third kappa shape index (κ3) is 3.25. The van der Waals surface area contributed by atoms with Crippen LogP contribution in [0.4, 0.5) is 5.69 Å². The first-order valence-corrected chi connectivity index (χ1v) is 7.37. The molecule has 0 aliphatic rings. The molecule has 0 atom stereocenters. The summed E-state index contributed by atoms with van der Waals surface area (Å²) in [5.74, 6) is -0.0444. The first kappa shape index (κ1) is 14.3. The first-order valence-electron chi connectivity index (χ1n) is 5.79. The molecule has 2 aromatic rings. The van der Waals surface area contributed by atoms with Gasteiger partial charge in [-0.1, -0.05) is 33.6 Å². The van der Waals surface area contributed by atoms with Gasteiger partial charge in [0.1, 0.15) is 0 Å². The van der Waals surface area contributed by atoms with E-state index >= 15 is 0 Å². The number of anilines is 1. The van der Waals surface area contributed by atoms with E-state index < -0.39 is 0 Å². The Labute approximate surface area is 129 Å². The van der Waals surface area contributed by atoms with Crippen LogP contribution in [0.25, 0.3) is 0 Å². The second kappa shape index (κ2) is 5.88. The van der Waals surface area contributed by atoms with Crippen molar-refractivity contribution in [2.24, 2.45) is 0 Å². The maximum atomic E-state index is 12.5. The molecule has 0 heterocycles. The molecule has 98 valence electrons. The number of carbonyl (C=O) groups excluding carboxylic acids is 1. The number of amides is 1. The maximum Gasteiger partial charge on any atom is 0.259 e. The molecule has 4 heteroatoms. The van der Waals surface area contributed by atoms with E-state index in [1.54, 1.807) is 11.9 Å². The second-order valence-electron chi connectivity index (χ2n) is 4.32. The zero-order valence-corrected chi connectivity index (χ0v) is 13.8. The minimum absolute atomic E-state index is 0.0444. The van der Waals surface area contributed by atoms with Crippen LogP contribution in [0.3, 0.4) is 0 Å². The third-order valence-electron chi connectivity index (χ3n) is 2.88. The molecule has 0 bridgehead atoms. The second-order valence-corrected chi connectivity index (χ2v) is 6.09. The van der Waals surface area contributed by atoms with E-state index in [1.165, 1.54) is 5.56 Å². The van der Waals surface area contributed by atoms with Crippen LogP contribution >= 0.6 is 31.9 Å². The van der Waals surface area contributed by atoms with Gasteiger partial charge in [0.15, 0.2) is 0 Å². The molecular formula is C15H13Br2NO. The zero-order valence-electron chi connectivity index (χ0n) is 10.7. The monoisotopic (exact) mass is 381 g/mol. The Bertz CT molecular complexity index is 608. The lowest BCUT2D eigenvalue weighted by Gasteiger charge is -2.18. The quantitative estimate of drug-likeness (QED) is 0.730. The van der Waals surface area contributed by atoms with E-state index in [0.29, 0.717) is 5.56 Å². The Balaban J connectivity index is 2.33. The van der Waals surface area contributed by atoms with Gasteiger partial charge < -0.3 is 4.90 Å². The summed E-state index contributed by atoms with van der Waals surface area (Å²) in [5, 5.41) is 0. The molecule has 0 saturated heterocycles. The van der Waals surface area contributed by atoms with Gasteiger partial charge in [0, 0.05) is 21.7 Å². The predicted molar refractivity (Wildman–Crippen MR) is 85.8 cm³/mol. The summed E-state index contributed by atoms with van der Waals surface area (Å²) in [6.45, 7) is 2.02. The van der Waals surface area contributed by atoms with Crippen LogP contribution < -0.4 is 4.90 Å². The van der Waals surface area contributed by atoms with Gasteiger partial charge >= 0.3 is 0 Å². The molecule has 0 aromatic heterocycles. The van der Waals surface area contributed by atoms with Gasteiger partial charge in [0.25, 0.3) is 5.91 Å². The van der Waals surface area contributed by atoms with Gasteiger partial charge in [-0.15, -0.1) is 0 Å². The summed E-state index contributed by atoms with van der Waals surface area (Å²) in [6, 6.07) is 13.5. The highest BCUT2D eigenvalue weighted by molar-refractivity contribution is 9.11. The third-order valence-corrected chi connectivity index (χ3v) is 4.07. The van der Waals surface area contributed by atoms with Crippen LogP contribution in [0.2, 0.25) is 0 Å². The van der Waals surface area contributed by atoms with Crippen molar-refractivity contribution in [1.29, 1.82) is 0 Å². The van der Waals surface area contributed by atoms with Gasteiger partial charge in [-0.3, -0.25) is 4.79 Å². The fraction of sp³-hybridized carbons (Fsp3) is 0.133. The van der Waals surface area contributed by atoms with E-state index in [0.717, 1.165) is 14.6 Å². The number of halogens is 2. The van der Waals surface area contributed by atoms with E-state index in [9.17, 15) is 4.79 Å². The van der Waals surface area contributed by atoms with Crippen LogP contribution in [0.5, 0.6) is 0 Å². The van der Waals surface area contributed by atoms with Gasteiger partial charge in [0.2, 0.25) is 0 Å². The minimum Gasteiger partial charge on any atom is -0.311 e. The summed E-state index contributed by atoms with van der Waals surface area (Å²) in [7, 11) is 1.78. The Kier molecular flexibility index (Phi) is 4.42. The van der Waals surface area contributed by atoms with Crippen molar-refractivity contribution in [1.82, 2.24) is 0 Å². The lowest BCUT2D eigenvalue weighted by atomic mass is 10.1. The molecule has 0 spiro atoms. The van der Waals surface area contributed by atoms with Crippen molar-refractivity contribution in [3.8, 4) is 0 Å². The average molecular weight is 383 g/mol. The van der Waals surface area contributed by atoms with Crippen LogP contribution in [-0.4, -0.2) is 13.0 Å². The van der Waals surface area contributed by atoms with Gasteiger partial charge in [-0.05, 0) is 53.2 Å². The molecule has 2 aromatic carbocycles. The maximum absolute atomic E-state index is 12.5. The summed E-state index contributed by atoms with van der Waals surface area (Å²) in [4.78, 5) is 14.1. The fourth-order valence-corrected chi connectivity index (χ4v) is 2.50. The first-order chi connectivity index (χ1) is 8.99. The highest BCUT2D eigenvalue weighted by Crippen LogP contribution is 2.24. The van der Waals surface area contributed by atoms with Crippen molar-refractivity contribution in [3.63, 3.8) is 0 Å². The molecule has 0 unspecified atom stereocenters. The number of hydrogen-bond donors (Lipinski definition) is 0. The van der Waals surface area contributed by atoms with E-state index in [1.807, 2.05) is 49.4 Å². The Morgan fingerprint density at radius 2 is 1.68 bits per heavy atom. The van der Waals surface area contributed by atoms with Crippen molar-refractivity contribution in [2.75, 3.05) is 11.9 Å². The van der Waals surface area contributed by atoms with Gasteiger partial charge in [-0.25, -0.2) is 0 Å². The van der Waals surface area contributed by atoms with Crippen molar-refractivity contribution in [3.05, 3.63) is 62.5 Å². The molecular weight excluding hydrogens is 370 g/mol. The smallest absolute Gasteiger partial charge is 0.259 e. The summed E-state index contributed by atoms with van der Waals surface area (Å²) in [5.41, 5.74) is 2.69. The van der Waals surface area contributed by atoms with Crippen molar-refractivity contribution < 1.29 is 4.79 Å². The largest absolute Gasteiger partial charge is 0.311 e. The highest BCUT2D eigenvalue weighted by Gasteiger charge is 2.16. The lowest BCUT2D eigenvalue weighted by Crippen LogP contribution is -2.26. The van der Waals surface area contributed by atoms with E-state index in [2.05, 4.69) is 31.9 Å². The Hall–Kier alpha value is -1.13. The standard InChI is InChI=1S/C15H13Br2NO/c1-10-3-6-12(7-4-10)18(2)15(19)13-9-11(16)5-8-14(13)17/h3-9H,1-2H3. The molecule has 0 saturated carbocycles. The Morgan fingerprint density at radius 1 is 1.05 bits per heavy atom. The molecule has 0 fully saturated rings. The molecule has 2 nitrogen and oxygen atoms in total. The number of aryl methyl sites for hydroxylation is 1. The number of hydrogen-bond acceptors (Lipinski definition) is 1. The molecule has 19 heavy (non-hydrogen) atoms. The molecule has 0 radical (unpaired) electrons. The molecule has 2 rings (SSSR count). The number of rotatable bonds is 2. The van der Waals surface area contributed by atoms with Gasteiger partial charge in [-0.2, -0.15) is 0 Å². The molecule has 0 aliphatic carbocycles. The molecule has 0 aliphatic heterocycles. The van der Waals surface area contributed by atoms with E-state index in [-0.39, 0.29) is 5.91 Å². The van der Waals surface area contributed by atoms with Crippen LogP contribution in [-0.2, 0) is 0 Å². The van der Waals surface area contributed by atoms with Crippen LogP contribution in [0.15, 0.2) is 51.4 Å². The number of benzene rings is 2. The average Bonchev–Trinajstić information content (AvgIpc) is 2.41. The van der Waals surface area contributed by atoms with Crippen molar-refractivity contribution in [2.45, 2.75) is 6.92 Å². The fourth-order valence-electron chi connectivity index (χ4n) is 1.73. The summed E-state index contributed by atoms with van der Waals surface area (Å²) < 4.78 is 1.68. The topological polar surface area (TPSA) is 20.3 Å². The highest BCUT2D eigenvalue weighted by atomic mass is 79.9. The SMILES string of the molecule is Cc1ccc(N(C)C(=O)c2cc(Br)ccc2Br)cc1. The normalized spacial score (nSPS) is 10.3. The molecule has 0 N–H and O–H groups in total. The Morgan fingerprint density at radius 3 is 2.32 bits per heavy atom. The van der Waals surface area contributed by atoms with Gasteiger partial charge in [0.05, 0.1) is 5.56 Å². The predicted octanol–water partition coefficient (Wildman–Crippen LogP) is 4.80. The molecule has 1 amide bonds. The van der Waals surface area contributed by atoms with Crippen molar-refractivity contribution >= 4 is 43.5 Å².